The van der Waals surface area contributed by atoms with E-state index in [4.69, 9.17) is 9.84 Å². The van der Waals surface area contributed by atoms with Crippen molar-refractivity contribution in [1.29, 1.82) is 0 Å². The normalized spacial score (nSPS) is 24.3. The number of sulfonamides is 1. The zero-order valence-electron chi connectivity index (χ0n) is 11.7. The number of ether oxygens (including phenoxy) is 1. The fourth-order valence-electron chi connectivity index (χ4n) is 2.20. The highest BCUT2D eigenvalue weighted by Gasteiger charge is 2.41. The van der Waals surface area contributed by atoms with Gasteiger partial charge in [0.05, 0.1) is 30.9 Å². The molecule has 1 N–H and O–H groups in total. The van der Waals surface area contributed by atoms with E-state index in [1.807, 2.05) is 13.8 Å². The van der Waals surface area contributed by atoms with Gasteiger partial charge < -0.3 is 9.84 Å². The fourth-order valence-corrected chi connectivity index (χ4v) is 4.22. The first-order valence-electron chi connectivity index (χ1n) is 6.59. The third-order valence-corrected chi connectivity index (χ3v) is 5.35. The zero-order valence-corrected chi connectivity index (χ0v) is 12.5. The molecule has 0 aliphatic carbocycles. The van der Waals surface area contributed by atoms with Gasteiger partial charge in [0.15, 0.2) is 0 Å². The molecule has 2 atom stereocenters. The van der Waals surface area contributed by atoms with Crippen molar-refractivity contribution in [1.82, 2.24) is 4.31 Å². The van der Waals surface area contributed by atoms with Gasteiger partial charge in [-0.05, 0) is 12.3 Å². The van der Waals surface area contributed by atoms with Crippen molar-refractivity contribution >= 4 is 16.0 Å². The predicted octanol–water partition coefficient (Wildman–Crippen LogP) is 0.784. The van der Waals surface area contributed by atoms with E-state index in [1.54, 1.807) is 6.92 Å². The van der Waals surface area contributed by atoms with Crippen LogP contribution in [0.5, 0.6) is 0 Å². The van der Waals surface area contributed by atoms with E-state index in [0.717, 1.165) is 0 Å². The quantitative estimate of drug-likeness (QED) is 0.750. The van der Waals surface area contributed by atoms with Gasteiger partial charge in [0, 0.05) is 6.54 Å². The summed E-state index contributed by atoms with van der Waals surface area (Å²) < 4.78 is 31.0. The van der Waals surface area contributed by atoms with Crippen molar-refractivity contribution in [3.05, 3.63) is 0 Å². The topological polar surface area (TPSA) is 83.9 Å². The second-order valence-corrected chi connectivity index (χ2v) is 7.29. The average molecular weight is 293 g/mol. The maximum absolute atomic E-state index is 12.3. The predicted molar refractivity (Wildman–Crippen MR) is 71.4 cm³/mol. The van der Waals surface area contributed by atoms with Gasteiger partial charge >= 0.3 is 5.97 Å². The molecule has 6 nitrogen and oxygen atoms in total. The Kier molecular flexibility index (Phi) is 5.76. The Balaban J connectivity index is 2.84. The van der Waals surface area contributed by atoms with Crippen LogP contribution in [0.15, 0.2) is 0 Å². The lowest BCUT2D eigenvalue weighted by molar-refractivity contribution is -0.142. The molecule has 2 unspecified atom stereocenters. The third-order valence-electron chi connectivity index (χ3n) is 3.36. The minimum atomic E-state index is -3.43. The molecule has 1 aliphatic heterocycles. The second-order valence-electron chi connectivity index (χ2n) is 5.25. The molecule has 1 aliphatic rings. The van der Waals surface area contributed by atoms with Crippen LogP contribution in [0.25, 0.3) is 0 Å². The van der Waals surface area contributed by atoms with Crippen molar-refractivity contribution in [3.63, 3.8) is 0 Å². The Labute approximate surface area is 114 Å². The van der Waals surface area contributed by atoms with E-state index in [9.17, 15) is 13.2 Å². The van der Waals surface area contributed by atoms with Gasteiger partial charge in [0.25, 0.3) is 0 Å². The molecular weight excluding hydrogens is 270 g/mol. The number of rotatable bonds is 7. The van der Waals surface area contributed by atoms with Crippen LogP contribution in [0.2, 0.25) is 0 Å². The Bertz CT molecular complexity index is 406. The maximum Gasteiger partial charge on any atom is 0.310 e. The number of hydrogen-bond acceptors (Lipinski definition) is 4. The van der Waals surface area contributed by atoms with E-state index >= 15 is 0 Å². The molecule has 112 valence electrons. The summed E-state index contributed by atoms with van der Waals surface area (Å²) in [4.78, 5) is 11.1. The van der Waals surface area contributed by atoms with Crippen LogP contribution in [0.4, 0.5) is 0 Å². The Morgan fingerprint density at radius 2 is 2.05 bits per heavy atom. The van der Waals surface area contributed by atoms with Crippen LogP contribution in [-0.4, -0.2) is 55.4 Å². The lowest BCUT2D eigenvalue weighted by Crippen LogP contribution is -2.47. The van der Waals surface area contributed by atoms with Gasteiger partial charge in [-0.3, -0.25) is 4.79 Å². The Hall–Kier alpha value is -0.660. The fraction of sp³-hybridized carbons (Fsp3) is 0.917. The monoisotopic (exact) mass is 293 g/mol. The van der Waals surface area contributed by atoms with Crippen LogP contribution >= 0.6 is 0 Å². The summed E-state index contributed by atoms with van der Waals surface area (Å²) >= 11 is 0. The van der Waals surface area contributed by atoms with Gasteiger partial charge in [-0.2, -0.15) is 4.31 Å². The highest BCUT2D eigenvalue weighted by molar-refractivity contribution is 7.89. The average Bonchev–Trinajstić information content (AvgIpc) is 2.76. The molecular formula is C12H23NO5S. The Morgan fingerprint density at radius 1 is 1.42 bits per heavy atom. The van der Waals surface area contributed by atoms with Crippen molar-refractivity contribution in [2.24, 2.45) is 11.8 Å². The molecule has 0 aromatic rings. The molecule has 1 saturated heterocycles. The van der Waals surface area contributed by atoms with Crippen molar-refractivity contribution < 1.29 is 23.1 Å². The molecule has 0 aromatic heterocycles. The largest absolute Gasteiger partial charge is 0.481 e. The van der Waals surface area contributed by atoms with Crippen molar-refractivity contribution in [2.75, 3.05) is 25.5 Å². The van der Waals surface area contributed by atoms with Crippen LogP contribution in [0.1, 0.15) is 27.2 Å². The number of carboxylic acid groups (broad SMARTS) is 1. The van der Waals surface area contributed by atoms with Crippen molar-refractivity contribution in [3.8, 4) is 0 Å². The van der Waals surface area contributed by atoms with Gasteiger partial charge in [0.1, 0.15) is 0 Å². The van der Waals surface area contributed by atoms with E-state index in [1.165, 1.54) is 4.31 Å². The van der Waals surface area contributed by atoms with Gasteiger partial charge in [-0.1, -0.05) is 20.8 Å². The molecule has 0 bridgehead atoms. The zero-order chi connectivity index (χ0) is 14.6. The number of carbonyl (C=O) groups is 1. The standard InChI is InChI=1S/C12H23NO5S/c1-4-13(19(16,17)6-5-9(2)3)11-8-18-7-10(11)12(14)15/h9-11H,4-8H2,1-3H3,(H,14,15). The van der Waals surface area contributed by atoms with E-state index in [-0.39, 0.29) is 25.5 Å². The summed E-state index contributed by atoms with van der Waals surface area (Å²) in [7, 11) is -3.43. The minimum absolute atomic E-state index is 0.0569. The van der Waals surface area contributed by atoms with Crippen molar-refractivity contribution in [2.45, 2.75) is 33.2 Å². The molecule has 0 amide bonds. The molecule has 0 saturated carbocycles. The lowest BCUT2D eigenvalue weighted by atomic mass is 10.0. The molecule has 1 rings (SSSR count). The summed E-state index contributed by atoms with van der Waals surface area (Å²) in [5.74, 6) is -1.42. The molecule has 0 spiro atoms. The van der Waals surface area contributed by atoms with E-state index in [0.29, 0.717) is 12.3 Å². The smallest absolute Gasteiger partial charge is 0.310 e. The highest BCUT2D eigenvalue weighted by atomic mass is 32.2. The SMILES string of the molecule is CCN(C1COCC1C(=O)O)S(=O)(=O)CCC(C)C. The third kappa shape index (κ3) is 4.15. The first-order valence-corrected chi connectivity index (χ1v) is 8.20. The second kappa shape index (κ2) is 6.67. The molecule has 0 radical (unpaired) electrons. The molecule has 7 heteroatoms. The van der Waals surface area contributed by atoms with E-state index in [2.05, 4.69) is 0 Å². The summed E-state index contributed by atoms with van der Waals surface area (Å²) in [6, 6.07) is -0.584. The van der Waals surface area contributed by atoms with Crippen LogP contribution in [0, 0.1) is 11.8 Å². The number of likely N-dealkylation sites (N-methyl/N-ethyl adjacent to an activating group) is 1. The van der Waals surface area contributed by atoms with Gasteiger partial charge in [-0.25, -0.2) is 8.42 Å². The molecule has 19 heavy (non-hydrogen) atoms. The summed E-state index contributed by atoms with van der Waals surface area (Å²) in [5.41, 5.74) is 0. The van der Waals surface area contributed by atoms with Crippen LogP contribution in [-0.2, 0) is 19.6 Å². The first-order chi connectivity index (χ1) is 8.79. The van der Waals surface area contributed by atoms with Crippen LogP contribution in [0.3, 0.4) is 0 Å². The highest BCUT2D eigenvalue weighted by Crippen LogP contribution is 2.23. The maximum atomic E-state index is 12.3. The number of carboxylic acids is 1. The van der Waals surface area contributed by atoms with Gasteiger partial charge in [0.2, 0.25) is 10.0 Å². The van der Waals surface area contributed by atoms with Crippen LogP contribution < -0.4 is 0 Å². The molecule has 1 heterocycles. The number of aliphatic carboxylic acids is 1. The summed E-state index contributed by atoms with van der Waals surface area (Å²) in [6.45, 7) is 6.17. The number of hydrogen-bond donors (Lipinski definition) is 1. The molecule has 1 fully saturated rings. The Morgan fingerprint density at radius 3 is 2.53 bits per heavy atom. The molecule has 0 aromatic carbocycles. The summed E-state index contributed by atoms with van der Waals surface area (Å²) in [5, 5.41) is 9.11. The van der Waals surface area contributed by atoms with E-state index < -0.39 is 28.0 Å². The van der Waals surface area contributed by atoms with Gasteiger partial charge in [-0.15, -0.1) is 0 Å². The summed E-state index contributed by atoms with van der Waals surface area (Å²) in [6.07, 6.45) is 0.574. The number of nitrogens with zero attached hydrogens (tertiary/aromatic N) is 1. The first kappa shape index (κ1) is 16.4. The lowest BCUT2D eigenvalue weighted by Gasteiger charge is -2.28. The minimum Gasteiger partial charge on any atom is -0.481 e.